The second kappa shape index (κ2) is 5.32. The van der Waals surface area contributed by atoms with E-state index < -0.39 is 0 Å². The molecule has 2 heteroatoms. The first-order valence-corrected chi connectivity index (χ1v) is 9.37. The van der Waals surface area contributed by atoms with Crippen molar-refractivity contribution in [2.45, 2.75) is 43.4 Å². The number of halogens is 2. The fourth-order valence-electron chi connectivity index (χ4n) is 5.54. The molecule has 5 rings (SSSR count). The highest BCUT2D eigenvalue weighted by Crippen LogP contribution is 2.58. The van der Waals surface area contributed by atoms with E-state index in [1.54, 1.807) is 6.42 Å². The van der Waals surface area contributed by atoms with Crippen LogP contribution >= 0.6 is 27.5 Å². The molecule has 4 fully saturated rings. The van der Waals surface area contributed by atoms with Gasteiger partial charge in [-0.1, -0.05) is 39.7 Å². The molecule has 1 unspecified atom stereocenters. The van der Waals surface area contributed by atoms with Crippen molar-refractivity contribution >= 4 is 27.5 Å². The first-order valence-electron chi connectivity index (χ1n) is 8.07. The van der Waals surface area contributed by atoms with Gasteiger partial charge in [0.2, 0.25) is 0 Å². The molecule has 0 heterocycles. The van der Waals surface area contributed by atoms with Crippen molar-refractivity contribution in [1.82, 2.24) is 0 Å². The lowest BCUT2D eigenvalue weighted by Gasteiger charge is -2.55. The Kier molecular flexibility index (Phi) is 3.63. The lowest BCUT2D eigenvalue weighted by atomic mass is 9.51. The van der Waals surface area contributed by atoms with Crippen molar-refractivity contribution in [3.63, 3.8) is 0 Å². The molecule has 0 aromatic heterocycles. The maximum atomic E-state index is 5.98. The van der Waals surface area contributed by atoms with Gasteiger partial charge in [0.05, 0.1) is 0 Å². The first-order chi connectivity index (χ1) is 9.69. The van der Waals surface area contributed by atoms with E-state index in [0.29, 0.717) is 4.83 Å². The lowest BCUT2D eigenvalue weighted by molar-refractivity contribution is -0.0360. The molecule has 0 saturated heterocycles. The summed E-state index contributed by atoms with van der Waals surface area (Å²) in [5.41, 5.74) is 1.42. The van der Waals surface area contributed by atoms with Crippen LogP contribution in [-0.2, 0) is 6.42 Å². The largest absolute Gasteiger partial charge is 0.0884 e. The second-order valence-corrected chi connectivity index (χ2v) is 8.97. The number of hydrogen-bond donors (Lipinski definition) is 0. The van der Waals surface area contributed by atoms with Crippen molar-refractivity contribution in [3.05, 3.63) is 34.9 Å². The molecule has 1 atom stereocenters. The van der Waals surface area contributed by atoms with Gasteiger partial charge in [0.1, 0.15) is 0 Å². The highest BCUT2D eigenvalue weighted by atomic mass is 79.9. The molecule has 0 nitrogen and oxygen atoms in total. The minimum Gasteiger partial charge on any atom is -0.0884 e. The van der Waals surface area contributed by atoms with Crippen LogP contribution in [0.1, 0.15) is 37.7 Å². The summed E-state index contributed by atoms with van der Waals surface area (Å²) in [6.45, 7) is 0. The molecular weight excluding hydrogens is 332 g/mol. The SMILES string of the molecule is Clc1ccc(CC(Br)C2C3CC4CC(C3)CC2C4)cc1. The van der Waals surface area contributed by atoms with Crippen molar-refractivity contribution in [1.29, 1.82) is 0 Å². The molecule has 0 spiro atoms. The summed E-state index contributed by atoms with van der Waals surface area (Å²) < 4.78 is 0. The Balaban J connectivity index is 1.48. The summed E-state index contributed by atoms with van der Waals surface area (Å²) in [5.74, 6) is 5.07. The molecule has 0 aliphatic heterocycles. The van der Waals surface area contributed by atoms with Gasteiger partial charge in [0.15, 0.2) is 0 Å². The van der Waals surface area contributed by atoms with Crippen molar-refractivity contribution in [2.75, 3.05) is 0 Å². The van der Waals surface area contributed by atoms with E-state index in [9.17, 15) is 0 Å². The summed E-state index contributed by atoms with van der Waals surface area (Å²) >= 11 is 10.0. The number of benzene rings is 1. The van der Waals surface area contributed by atoms with Crippen LogP contribution in [0.3, 0.4) is 0 Å². The van der Waals surface area contributed by atoms with Crippen molar-refractivity contribution in [3.8, 4) is 0 Å². The van der Waals surface area contributed by atoms with Gasteiger partial charge in [-0.15, -0.1) is 0 Å². The minimum absolute atomic E-state index is 0.652. The van der Waals surface area contributed by atoms with Gasteiger partial charge in [-0.25, -0.2) is 0 Å². The average Bonchev–Trinajstić information content (AvgIpc) is 2.40. The van der Waals surface area contributed by atoms with Crippen LogP contribution in [0.25, 0.3) is 0 Å². The average molecular weight is 354 g/mol. The van der Waals surface area contributed by atoms with Crippen LogP contribution in [0.5, 0.6) is 0 Å². The first kappa shape index (κ1) is 13.6. The van der Waals surface area contributed by atoms with E-state index in [-0.39, 0.29) is 0 Å². The standard InChI is InChI=1S/C18H22BrCl/c19-17(10-11-1-3-16(20)4-2-11)18-14-6-12-5-13(8-14)9-15(18)7-12/h1-4,12-15,17-18H,5-10H2. The normalized spacial score (nSPS) is 40.0. The minimum atomic E-state index is 0.652. The molecule has 0 N–H and O–H groups in total. The Morgan fingerprint density at radius 3 is 2.05 bits per heavy atom. The predicted octanol–water partition coefficient (Wildman–Crippen LogP) is 5.72. The summed E-state index contributed by atoms with van der Waals surface area (Å²) in [6.07, 6.45) is 8.76. The third kappa shape index (κ3) is 2.46. The molecular formula is C18H22BrCl. The zero-order valence-electron chi connectivity index (χ0n) is 11.8. The van der Waals surface area contributed by atoms with Crippen molar-refractivity contribution < 1.29 is 0 Å². The fourth-order valence-corrected chi connectivity index (χ4v) is 6.90. The van der Waals surface area contributed by atoms with Gasteiger partial charge in [-0.3, -0.25) is 0 Å². The Labute approximate surface area is 135 Å². The Morgan fingerprint density at radius 2 is 1.50 bits per heavy atom. The van der Waals surface area contributed by atoms with Crippen LogP contribution in [-0.4, -0.2) is 4.83 Å². The third-order valence-electron chi connectivity index (χ3n) is 6.06. The van der Waals surface area contributed by atoms with Gasteiger partial charge < -0.3 is 0 Å². The monoisotopic (exact) mass is 352 g/mol. The summed E-state index contributed by atoms with van der Waals surface area (Å²) in [5, 5.41) is 0.842. The molecule has 4 aliphatic carbocycles. The molecule has 1 aromatic carbocycles. The molecule has 4 aliphatic rings. The topological polar surface area (TPSA) is 0 Å². The Hall–Kier alpha value is -0.0100. The van der Waals surface area contributed by atoms with E-state index >= 15 is 0 Å². The summed E-state index contributed by atoms with van der Waals surface area (Å²) in [6, 6.07) is 8.42. The van der Waals surface area contributed by atoms with Gasteiger partial charge in [0.25, 0.3) is 0 Å². The molecule has 0 amide bonds. The molecule has 1 aromatic rings. The van der Waals surface area contributed by atoms with E-state index in [1.165, 1.54) is 31.2 Å². The number of alkyl halides is 1. The van der Waals surface area contributed by atoms with Crippen molar-refractivity contribution in [2.24, 2.45) is 29.6 Å². The smallest absolute Gasteiger partial charge is 0.0406 e. The number of rotatable bonds is 3. The molecule has 4 bridgehead atoms. The van der Waals surface area contributed by atoms with E-state index in [1.807, 2.05) is 12.1 Å². The van der Waals surface area contributed by atoms with Crippen LogP contribution < -0.4 is 0 Å². The Bertz CT molecular complexity index is 453. The lowest BCUT2D eigenvalue weighted by Crippen LogP contribution is -2.48. The van der Waals surface area contributed by atoms with E-state index in [0.717, 1.165) is 41.0 Å². The third-order valence-corrected chi connectivity index (χ3v) is 7.25. The molecule has 0 radical (unpaired) electrons. The highest BCUT2D eigenvalue weighted by Gasteiger charge is 2.49. The zero-order valence-corrected chi connectivity index (χ0v) is 14.1. The predicted molar refractivity (Wildman–Crippen MR) is 88.4 cm³/mol. The Morgan fingerprint density at radius 1 is 0.950 bits per heavy atom. The maximum Gasteiger partial charge on any atom is 0.0406 e. The van der Waals surface area contributed by atoms with E-state index in [2.05, 4.69) is 28.1 Å². The van der Waals surface area contributed by atoms with Gasteiger partial charge in [-0.2, -0.15) is 0 Å². The van der Waals surface area contributed by atoms with Gasteiger partial charge in [0, 0.05) is 9.85 Å². The number of hydrogen-bond acceptors (Lipinski definition) is 0. The fraction of sp³-hybridized carbons (Fsp3) is 0.667. The van der Waals surface area contributed by atoms with Crippen LogP contribution in [0.4, 0.5) is 0 Å². The van der Waals surface area contributed by atoms with Gasteiger partial charge >= 0.3 is 0 Å². The zero-order chi connectivity index (χ0) is 13.7. The van der Waals surface area contributed by atoms with Crippen LogP contribution in [0.2, 0.25) is 5.02 Å². The molecule has 4 saturated carbocycles. The second-order valence-electron chi connectivity index (χ2n) is 7.35. The summed E-state index contributed by atoms with van der Waals surface area (Å²) in [7, 11) is 0. The quantitative estimate of drug-likeness (QED) is 0.610. The molecule has 108 valence electrons. The van der Waals surface area contributed by atoms with Crippen LogP contribution in [0, 0.1) is 29.6 Å². The van der Waals surface area contributed by atoms with Crippen LogP contribution in [0.15, 0.2) is 24.3 Å². The maximum absolute atomic E-state index is 5.98. The summed E-state index contributed by atoms with van der Waals surface area (Å²) in [4.78, 5) is 0.652. The van der Waals surface area contributed by atoms with E-state index in [4.69, 9.17) is 11.6 Å². The highest BCUT2D eigenvalue weighted by molar-refractivity contribution is 9.09. The molecule has 20 heavy (non-hydrogen) atoms. The van der Waals surface area contributed by atoms with Gasteiger partial charge in [-0.05, 0) is 85.8 Å².